The Balaban J connectivity index is 1.32. The number of benzene rings is 3. The molecule has 37 heavy (non-hydrogen) atoms. The van der Waals surface area contributed by atoms with Crippen LogP contribution in [0.5, 0.6) is 17.2 Å². The Morgan fingerprint density at radius 3 is 2.38 bits per heavy atom. The first-order valence-electron chi connectivity index (χ1n) is 13.0. The van der Waals surface area contributed by atoms with Crippen LogP contribution < -0.4 is 14.2 Å². The predicted molar refractivity (Wildman–Crippen MR) is 147 cm³/mol. The molecule has 3 aromatic carbocycles. The zero-order valence-corrected chi connectivity index (χ0v) is 21.8. The highest BCUT2D eigenvalue weighted by atomic mass is 16.6. The lowest BCUT2D eigenvalue weighted by Crippen LogP contribution is -2.29. The topological polar surface area (TPSA) is 61.6 Å². The van der Waals surface area contributed by atoms with Gasteiger partial charge in [0.15, 0.2) is 18.1 Å². The van der Waals surface area contributed by atoms with Gasteiger partial charge in [-0.1, -0.05) is 60.5 Å². The molecule has 1 fully saturated rings. The van der Waals surface area contributed by atoms with Crippen molar-refractivity contribution in [1.29, 1.82) is 0 Å². The smallest absolute Gasteiger partial charge is 0.161 e. The predicted octanol–water partition coefficient (Wildman–Crippen LogP) is 6.40. The number of oxime groups is 1. The summed E-state index contributed by atoms with van der Waals surface area (Å²) >= 11 is 0. The van der Waals surface area contributed by atoms with E-state index in [1.54, 1.807) is 14.2 Å². The van der Waals surface area contributed by atoms with E-state index in [4.69, 9.17) is 24.0 Å². The van der Waals surface area contributed by atoms with Gasteiger partial charge >= 0.3 is 0 Å². The van der Waals surface area contributed by atoms with E-state index in [9.17, 15) is 0 Å². The standard InChI is InChI=1S/C31H34N2O4/c1-21(33-37-18-17-36-24-9-5-4-6-10-24)22-13-15-23(16-14-22)31-27-20-30(35-3)29(34-2)19-26(27)25-11-7-8-12-28(25)32-31/h4-6,9-10,13-16,19-20,25,28H,7-8,11-12,17-18H2,1-3H3/t25-,28-/m1/s1. The molecule has 192 valence electrons. The molecule has 3 aromatic rings. The maximum Gasteiger partial charge on any atom is 0.161 e. The van der Waals surface area contributed by atoms with E-state index in [0.717, 1.165) is 58.2 Å². The molecule has 2 aliphatic rings. The molecular formula is C31H34N2O4. The van der Waals surface area contributed by atoms with E-state index in [-0.39, 0.29) is 0 Å². The van der Waals surface area contributed by atoms with Gasteiger partial charge in [0.25, 0.3) is 0 Å². The minimum absolute atomic E-state index is 0.309. The van der Waals surface area contributed by atoms with Gasteiger partial charge in [-0.3, -0.25) is 4.99 Å². The maximum absolute atomic E-state index is 5.65. The normalized spacial score (nSPS) is 18.8. The van der Waals surface area contributed by atoms with Crippen molar-refractivity contribution >= 4 is 11.4 Å². The third-order valence-electron chi connectivity index (χ3n) is 7.20. The molecule has 1 aliphatic carbocycles. The number of rotatable bonds is 9. The zero-order valence-electron chi connectivity index (χ0n) is 21.8. The van der Waals surface area contributed by atoms with Crippen molar-refractivity contribution in [2.75, 3.05) is 27.4 Å². The average molecular weight is 499 g/mol. The number of para-hydroxylation sites is 1. The summed E-state index contributed by atoms with van der Waals surface area (Å²) in [5, 5.41) is 4.28. The van der Waals surface area contributed by atoms with Gasteiger partial charge in [-0.05, 0) is 55.2 Å². The number of ether oxygens (including phenoxy) is 3. The second kappa shape index (κ2) is 11.5. The number of nitrogens with zero attached hydrogens (tertiary/aromatic N) is 2. The van der Waals surface area contributed by atoms with Crippen molar-refractivity contribution in [3.63, 3.8) is 0 Å². The molecule has 0 unspecified atom stereocenters. The van der Waals surface area contributed by atoms with E-state index in [1.807, 2.05) is 37.3 Å². The van der Waals surface area contributed by atoms with Gasteiger partial charge in [-0.15, -0.1) is 0 Å². The molecule has 0 N–H and O–H groups in total. The summed E-state index contributed by atoms with van der Waals surface area (Å²) in [4.78, 5) is 10.8. The third kappa shape index (κ3) is 5.48. The summed E-state index contributed by atoms with van der Waals surface area (Å²) in [6.45, 7) is 2.77. The molecule has 1 saturated carbocycles. The molecule has 0 bridgehead atoms. The third-order valence-corrected chi connectivity index (χ3v) is 7.20. The van der Waals surface area contributed by atoms with Crippen LogP contribution in [0.2, 0.25) is 0 Å². The SMILES string of the molecule is COc1cc2c(cc1OC)[C@H]1CCCC[C@H]1N=C2c1ccc(C(C)=NOCCOc2ccccc2)cc1. The minimum atomic E-state index is 0.309. The summed E-state index contributed by atoms with van der Waals surface area (Å²) in [5.41, 5.74) is 6.39. The van der Waals surface area contributed by atoms with Gasteiger partial charge in [0.05, 0.1) is 31.7 Å². The molecular weight excluding hydrogens is 464 g/mol. The van der Waals surface area contributed by atoms with E-state index in [2.05, 4.69) is 41.6 Å². The summed E-state index contributed by atoms with van der Waals surface area (Å²) in [5.74, 6) is 2.77. The lowest BCUT2D eigenvalue weighted by molar-refractivity contribution is 0.107. The number of aliphatic imine (C=N–C) groups is 1. The van der Waals surface area contributed by atoms with Gasteiger partial charge < -0.3 is 19.0 Å². The van der Waals surface area contributed by atoms with Gasteiger partial charge in [0.2, 0.25) is 0 Å². The number of fused-ring (bicyclic) bond motifs is 3. The molecule has 6 nitrogen and oxygen atoms in total. The molecule has 1 aliphatic heterocycles. The Hall–Kier alpha value is -3.80. The number of hydrogen-bond acceptors (Lipinski definition) is 6. The summed E-state index contributed by atoms with van der Waals surface area (Å²) < 4.78 is 16.9. The molecule has 0 amide bonds. The van der Waals surface area contributed by atoms with Crippen molar-refractivity contribution in [1.82, 2.24) is 0 Å². The Kier molecular flexibility index (Phi) is 7.73. The van der Waals surface area contributed by atoms with Crippen LogP contribution in [0.3, 0.4) is 0 Å². The highest BCUT2D eigenvalue weighted by molar-refractivity contribution is 6.15. The largest absolute Gasteiger partial charge is 0.493 e. The van der Waals surface area contributed by atoms with Crippen molar-refractivity contribution in [2.45, 2.75) is 44.6 Å². The Morgan fingerprint density at radius 1 is 0.892 bits per heavy atom. The maximum atomic E-state index is 5.65. The second-order valence-electron chi connectivity index (χ2n) is 9.48. The van der Waals surface area contributed by atoms with Crippen LogP contribution >= 0.6 is 0 Å². The van der Waals surface area contributed by atoms with Crippen molar-refractivity contribution in [3.8, 4) is 17.2 Å². The van der Waals surface area contributed by atoms with Crippen molar-refractivity contribution in [3.05, 3.63) is 89.0 Å². The fourth-order valence-electron chi connectivity index (χ4n) is 5.28. The van der Waals surface area contributed by atoms with Crippen LogP contribution in [0.25, 0.3) is 0 Å². The van der Waals surface area contributed by atoms with Gasteiger partial charge in [-0.25, -0.2) is 0 Å². The first kappa shape index (κ1) is 24.9. The summed E-state index contributed by atoms with van der Waals surface area (Å²) in [7, 11) is 3.38. The molecule has 0 saturated heterocycles. The van der Waals surface area contributed by atoms with Crippen LogP contribution in [-0.4, -0.2) is 44.9 Å². The van der Waals surface area contributed by atoms with Gasteiger partial charge in [0, 0.05) is 17.0 Å². The zero-order chi connectivity index (χ0) is 25.6. The molecule has 0 aromatic heterocycles. The first-order valence-corrected chi connectivity index (χ1v) is 13.0. The Morgan fingerprint density at radius 2 is 1.62 bits per heavy atom. The minimum Gasteiger partial charge on any atom is -0.493 e. The van der Waals surface area contributed by atoms with E-state index < -0.39 is 0 Å². The van der Waals surface area contributed by atoms with Gasteiger partial charge in [0.1, 0.15) is 12.4 Å². The van der Waals surface area contributed by atoms with Crippen LogP contribution in [0.4, 0.5) is 0 Å². The van der Waals surface area contributed by atoms with E-state index >= 15 is 0 Å². The summed E-state index contributed by atoms with van der Waals surface area (Å²) in [6, 6.07) is 22.7. The van der Waals surface area contributed by atoms with Crippen LogP contribution in [0.1, 0.15) is 60.8 Å². The lowest BCUT2D eigenvalue weighted by atomic mass is 9.75. The van der Waals surface area contributed by atoms with Crippen LogP contribution in [0, 0.1) is 0 Å². The van der Waals surface area contributed by atoms with Gasteiger partial charge in [-0.2, -0.15) is 0 Å². The van der Waals surface area contributed by atoms with Crippen LogP contribution in [-0.2, 0) is 4.84 Å². The second-order valence-corrected chi connectivity index (χ2v) is 9.48. The number of methoxy groups -OCH3 is 2. The highest BCUT2D eigenvalue weighted by Crippen LogP contribution is 2.44. The van der Waals surface area contributed by atoms with E-state index in [0.29, 0.717) is 25.2 Å². The first-order chi connectivity index (χ1) is 18.2. The lowest BCUT2D eigenvalue weighted by Gasteiger charge is -2.35. The average Bonchev–Trinajstić information content (AvgIpc) is 2.96. The molecule has 1 heterocycles. The van der Waals surface area contributed by atoms with Crippen molar-refractivity contribution < 1.29 is 19.0 Å². The van der Waals surface area contributed by atoms with Crippen molar-refractivity contribution in [2.24, 2.45) is 10.1 Å². The highest BCUT2D eigenvalue weighted by Gasteiger charge is 2.34. The quantitative estimate of drug-likeness (QED) is 0.195. The summed E-state index contributed by atoms with van der Waals surface area (Å²) in [6.07, 6.45) is 4.76. The molecule has 5 rings (SSSR count). The van der Waals surface area contributed by atoms with E-state index in [1.165, 1.54) is 18.4 Å². The molecule has 0 radical (unpaired) electrons. The number of hydrogen-bond donors (Lipinski definition) is 0. The Labute approximate surface area is 218 Å². The molecule has 2 atom stereocenters. The molecule has 6 heteroatoms. The fourth-order valence-corrected chi connectivity index (χ4v) is 5.28. The fraction of sp³-hybridized carbons (Fsp3) is 0.355. The molecule has 0 spiro atoms. The monoisotopic (exact) mass is 498 g/mol. The Bertz CT molecular complexity index is 1270. The van der Waals surface area contributed by atoms with Crippen LogP contribution in [0.15, 0.2) is 76.9 Å².